The predicted molar refractivity (Wildman–Crippen MR) is 232 cm³/mol. The molecule has 0 aromatic carbocycles. The van der Waals surface area contributed by atoms with Gasteiger partial charge < -0.3 is 35.2 Å². The molecule has 7 unspecified atom stereocenters. The topological polar surface area (TPSA) is 192 Å². The summed E-state index contributed by atoms with van der Waals surface area (Å²) in [6.07, 6.45) is 32.1. The first-order chi connectivity index (χ1) is 28.0. The number of hydrogen-bond acceptors (Lipinski definition) is 10. The molecule has 342 valence electrons. The average Bonchev–Trinajstić information content (AvgIpc) is 3.19. The Morgan fingerprint density at radius 2 is 1.10 bits per heavy atom. The third-order valence-electron chi connectivity index (χ3n) is 11.0. The summed E-state index contributed by atoms with van der Waals surface area (Å²) in [6.45, 7) is 3.37. The van der Waals surface area contributed by atoms with Gasteiger partial charge in [-0.1, -0.05) is 173 Å². The van der Waals surface area contributed by atoms with Gasteiger partial charge in [0.1, 0.15) is 24.4 Å². The lowest BCUT2D eigenvalue weighted by atomic mass is 9.99. The third kappa shape index (κ3) is 28.9. The monoisotopic (exact) mass is 848 g/mol. The molecule has 0 aromatic rings. The molecule has 6 N–H and O–H groups in total. The Labute approximate surface area is 352 Å². The summed E-state index contributed by atoms with van der Waals surface area (Å²) in [5.74, 6) is -0.268. The van der Waals surface area contributed by atoms with Crippen molar-refractivity contribution in [1.29, 1.82) is 0 Å². The van der Waals surface area contributed by atoms with Crippen molar-refractivity contribution in [3.05, 3.63) is 24.3 Å². The van der Waals surface area contributed by atoms with Gasteiger partial charge in [-0.15, -0.1) is 0 Å². The van der Waals surface area contributed by atoms with Crippen LogP contribution < -0.4 is 5.32 Å². The van der Waals surface area contributed by atoms with Crippen molar-refractivity contribution in [1.82, 2.24) is 5.32 Å². The van der Waals surface area contributed by atoms with Crippen molar-refractivity contribution in [2.75, 3.05) is 13.2 Å². The molecule has 1 saturated heterocycles. The van der Waals surface area contributed by atoms with Crippen molar-refractivity contribution in [3.63, 3.8) is 0 Å². The van der Waals surface area contributed by atoms with E-state index in [9.17, 15) is 38.2 Å². The van der Waals surface area contributed by atoms with Crippen LogP contribution in [0, 0.1) is 0 Å². The van der Waals surface area contributed by atoms with Crippen LogP contribution in [0.2, 0.25) is 0 Å². The second-order valence-corrected chi connectivity index (χ2v) is 17.4. The number of carbonyl (C=O) groups excluding carboxylic acids is 1. The minimum Gasteiger partial charge on any atom is -0.394 e. The SMILES string of the molecule is CCCCCC/C=C\CCCCCCCCCC(=O)NC(COC1OC(CO)C(O)C(OS(=O)(=O)O)C1O)C(O)/C=C/CCCCCCCCCCCCCCCC. The zero-order valence-electron chi connectivity index (χ0n) is 36.4. The molecule has 1 fully saturated rings. The van der Waals surface area contributed by atoms with E-state index in [0.29, 0.717) is 6.42 Å². The maximum atomic E-state index is 13.0. The van der Waals surface area contributed by atoms with E-state index in [0.717, 1.165) is 44.9 Å². The summed E-state index contributed by atoms with van der Waals surface area (Å²) in [5.41, 5.74) is 0. The lowest BCUT2D eigenvalue weighted by Gasteiger charge is -2.41. The molecule has 13 heteroatoms. The second-order valence-electron chi connectivity index (χ2n) is 16.3. The second kappa shape index (κ2) is 36.3. The molecule has 1 amide bonds. The highest BCUT2D eigenvalue weighted by Crippen LogP contribution is 2.26. The van der Waals surface area contributed by atoms with Crippen LogP contribution in [0.5, 0.6) is 0 Å². The number of aliphatic hydroxyl groups is 4. The van der Waals surface area contributed by atoms with E-state index in [2.05, 4.69) is 35.5 Å². The summed E-state index contributed by atoms with van der Waals surface area (Å²) < 4.78 is 47.6. The van der Waals surface area contributed by atoms with Crippen molar-refractivity contribution < 1.29 is 51.8 Å². The molecule has 7 atom stereocenters. The smallest absolute Gasteiger partial charge is 0.394 e. The Morgan fingerprint density at radius 1 is 0.672 bits per heavy atom. The lowest BCUT2D eigenvalue weighted by Crippen LogP contribution is -2.61. The Morgan fingerprint density at radius 3 is 1.57 bits per heavy atom. The molecule has 1 rings (SSSR count). The molecule has 0 aromatic heterocycles. The number of nitrogens with one attached hydrogen (secondary N) is 1. The first-order valence-corrected chi connectivity index (χ1v) is 24.6. The molecule has 58 heavy (non-hydrogen) atoms. The minimum atomic E-state index is -5.08. The van der Waals surface area contributed by atoms with Crippen LogP contribution in [0.1, 0.15) is 200 Å². The van der Waals surface area contributed by atoms with E-state index in [4.69, 9.17) is 9.47 Å². The van der Waals surface area contributed by atoms with E-state index < -0.39 is 59.9 Å². The zero-order chi connectivity index (χ0) is 42.7. The molecule has 1 aliphatic heterocycles. The number of ether oxygens (including phenoxy) is 2. The molecular formula is C45H85NO11S. The van der Waals surface area contributed by atoms with Crippen LogP contribution in [0.25, 0.3) is 0 Å². The molecule has 12 nitrogen and oxygen atoms in total. The first-order valence-electron chi connectivity index (χ1n) is 23.2. The Bertz CT molecular complexity index is 1140. The van der Waals surface area contributed by atoms with Gasteiger partial charge in [-0.2, -0.15) is 8.42 Å². The van der Waals surface area contributed by atoms with Crippen molar-refractivity contribution >= 4 is 16.3 Å². The fourth-order valence-corrected chi connectivity index (χ4v) is 7.84. The molecular weight excluding hydrogens is 763 g/mol. The summed E-state index contributed by atoms with van der Waals surface area (Å²) in [7, 11) is -5.08. The fourth-order valence-electron chi connectivity index (χ4n) is 7.33. The van der Waals surface area contributed by atoms with E-state index in [-0.39, 0.29) is 18.9 Å². The fraction of sp³-hybridized carbons (Fsp3) is 0.889. The Kier molecular flexibility index (Phi) is 34.1. The number of unbranched alkanes of at least 4 members (excludes halogenated alkanes) is 25. The van der Waals surface area contributed by atoms with Gasteiger partial charge in [0.15, 0.2) is 6.29 Å². The van der Waals surface area contributed by atoms with Crippen molar-refractivity contribution in [2.45, 2.75) is 243 Å². The highest BCUT2D eigenvalue weighted by molar-refractivity contribution is 7.80. The summed E-state index contributed by atoms with van der Waals surface area (Å²) in [4.78, 5) is 13.0. The number of hydrogen-bond donors (Lipinski definition) is 6. The Balaban J connectivity index is 2.54. The van der Waals surface area contributed by atoms with Crippen LogP contribution in [-0.2, 0) is 28.9 Å². The normalized spacial score (nSPS) is 21.3. The maximum absolute atomic E-state index is 13.0. The van der Waals surface area contributed by atoms with Crippen LogP contribution in [0.15, 0.2) is 24.3 Å². The number of amides is 1. The van der Waals surface area contributed by atoms with Gasteiger partial charge in [0.25, 0.3) is 0 Å². The highest BCUT2D eigenvalue weighted by atomic mass is 32.3. The van der Waals surface area contributed by atoms with Crippen molar-refractivity contribution in [3.8, 4) is 0 Å². The van der Waals surface area contributed by atoms with E-state index >= 15 is 0 Å². The van der Waals surface area contributed by atoms with Gasteiger partial charge in [0.05, 0.1) is 25.4 Å². The van der Waals surface area contributed by atoms with Gasteiger partial charge in [0, 0.05) is 6.42 Å². The quantitative estimate of drug-likeness (QED) is 0.0197. The molecule has 1 aliphatic rings. The molecule has 0 bridgehead atoms. The summed E-state index contributed by atoms with van der Waals surface area (Å²) in [6, 6.07) is -0.943. The minimum absolute atomic E-state index is 0.265. The van der Waals surface area contributed by atoms with Crippen LogP contribution in [0.4, 0.5) is 0 Å². The van der Waals surface area contributed by atoms with Gasteiger partial charge in [0.2, 0.25) is 5.91 Å². The maximum Gasteiger partial charge on any atom is 0.397 e. The molecule has 0 spiro atoms. The third-order valence-corrected chi connectivity index (χ3v) is 11.4. The van der Waals surface area contributed by atoms with Gasteiger partial charge in [-0.3, -0.25) is 9.35 Å². The number of allylic oxidation sites excluding steroid dienone is 3. The number of aliphatic hydroxyl groups excluding tert-OH is 4. The molecule has 0 saturated carbocycles. The van der Waals surface area contributed by atoms with Crippen molar-refractivity contribution in [2.24, 2.45) is 0 Å². The van der Waals surface area contributed by atoms with Gasteiger partial charge in [-0.25, -0.2) is 4.18 Å². The van der Waals surface area contributed by atoms with E-state index in [1.807, 2.05) is 6.08 Å². The highest BCUT2D eigenvalue weighted by Gasteiger charge is 2.48. The predicted octanol–water partition coefficient (Wildman–Crippen LogP) is 8.94. The molecule has 0 radical (unpaired) electrons. The van der Waals surface area contributed by atoms with Crippen LogP contribution >= 0.6 is 0 Å². The largest absolute Gasteiger partial charge is 0.397 e. The van der Waals surface area contributed by atoms with Gasteiger partial charge >= 0.3 is 10.4 Å². The Hall–Kier alpha value is -1.42. The standard InChI is InChI=1S/C45H85NO11S/c1-3-5-7-9-11-13-15-17-19-21-22-24-26-28-30-32-34-39(48)38(37-55-45-43(51)44(57-58(52,53)54)42(50)40(36-47)56-45)46-41(49)35-33-31-29-27-25-23-20-18-16-14-12-10-8-6-4-2/h14,16,32,34,38-40,42-45,47-48,50-51H,3-13,15,17-31,33,35-37H2,1-2H3,(H,46,49)(H,52,53,54)/b16-14-,34-32+. The first kappa shape index (κ1) is 54.6. The average molecular weight is 848 g/mol. The lowest BCUT2D eigenvalue weighted by molar-refractivity contribution is -0.298. The van der Waals surface area contributed by atoms with E-state index in [1.54, 1.807) is 6.08 Å². The van der Waals surface area contributed by atoms with Crippen LogP contribution in [0.3, 0.4) is 0 Å². The van der Waals surface area contributed by atoms with Crippen LogP contribution in [-0.4, -0.2) is 95.4 Å². The number of rotatable bonds is 39. The molecule has 1 heterocycles. The van der Waals surface area contributed by atoms with E-state index in [1.165, 1.54) is 128 Å². The summed E-state index contributed by atoms with van der Waals surface area (Å²) >= 11 is 0. The zero-order valence-corrected chi connectivity index (χ0v) is 37.2. The summed E-state index contributed by atoms with van der Waals surface area (Å²) in [5, 5.41) is 44.7. The molecule has 0 aliphatic carbocycles. The number of carbonyl (C=O) groups is 1. The van der Waals surface area contributed by atoms with Gasteiger partial charge in [-0.05, 0) is 44.9 Å².